The van der Waals surface area contributed by atoms with Gasteiger partial charge in [0.25, 0.3) is 0 Å². The smallest absolute Gasteiger partial charge is 0.126 e. The molecule has 5 heteroatoms. The van der Waals surface area contributed by atoms with Crippen molar-refractivity contribution in [3.63, 3.8) is 0 Å². The van der Waals surface area contributed by atoms with E-state index in [0.29, 0.717) is 10.0 Å². The maximum Gasteiger partial charge on any atom is 0.126 e. The van der Waals surface area contributed by atoms with Crippen LogP contribution in [-0.2, 0) is 5.54 Å². The van der Waals surface area contributed by atoms with Crippen molar-refractivity contribution in [3.8, 4) is 11.3 Å². The summed E-state index contributed by atoms with van der Waals surface area (Å²) in [5.41, 5.74) is 7.57. The largest absolute Gasteiger partial charge is 0.340 e. The van der Waals surface area contributed by atoms with E-state index >= 15 is 0 Å². The summed E-state index contributed by atoms with van der Waals surface area (Å²) in [4.78, 5) is 7.66. The SMILES string of the molecule is CCC(N)(CC)c1ncc(-c2cc(Cl)ccc2Cl)[nH]1. The Labute approximate surface area is 123 Å². The van der Waals surface area contributed by atoms with Gasteiger partial charge >= 0.3 is 0 Å². The topological polar surface area (TPSA) is 54.7 Å². The van der Waals surface area contributed by atoms with Crippen LogP contribution in [0.4, 0.5) is 0 Å². The highest BCUT2D eigenvalue weighted by molar-refractivity contribution is 6.35. The van der Waals surface area contributed by atoms with Gasteiger partial charge in [-0.2, -0.15) is 0 Å². The normalized spacial score (nSPS) is 11.8. The molecule has 1 heterocycles. The molecule has 2 rings (SSSR count). The molecular weight excluding hydrogens is 281 g/mol. The van der Waals surface area contributed by atoms with Crippen LogP contribution in [0.5, 0.6) is 0 Å². The van der Waals surface area contributed by atoms with E-state index in [0.717, 1.165) is 29.9 Å². The van der Waals surface area contributed by atoms with Crippen LogP contribution < -0.4 is 5.73 Å². The molecule has 0 radical (unpaired) electrons. The third kappa shape index (κ3) is 2.78. The van der Waals surface area contributed by atoms with Crippen LogP contribution in [0.25, 0.3) is 11.3 Å². The molecule has 0 fully saturated rings. The summed E-state index contributed by atoms with van der Waals surface area (Å²) in [6.07, 6.45) is 3.39. The van der Waals surface area contributed by atoms with E-state index in [-0.39, 0.29) is 0 Å². The first-order valence-corrected chi connectivity index (χ1v) is 7.05. The Morgan fingerprint density at radius 1 is 1.26 bits per heavy atom. The number of H-pyrrole nitrogens is 1. The van der Waals surface area contributed by atoms with Gasteiger partial charge in [-0.3, -0.25) is 0 Å². The van der Waals surface area contributed by atoms with Crippen molar-refractivity contribution in [2.45, 2.75) is 32.2 Å². The first-order valence-electron chi connectivity index (χ1n) is 6.30. The van der Waals surface area contributed by atoms with Crippen LogP contribution in [-0.4, -0.2) is 9.97 Å². The van der Waals surface area contributed by atoms with Gasteiger partial charge in [0.1, 0.15) is 5.82 Å². The van der Waals surface area contributed by atoms with Crippen LogP contribution in [0.3, 0.4) is 0 Å². The lowest BCUT2D eigenvalue weighted by molar-refractivity contribution is 0.391. The van der Waals surface area contributed by atoms with E-state index < -0.39 is 5.54 Å². The van der Waals surface area contributed by atoms with Gasteiger partial charge in [-0.15, -0.1) is 0 Å². The van der Waals surface area contributed by atoms with Gasteiger partial charge < -0.3 is 10.7 Å². The summed E-state index contributed by atoms with van der Waals surface area (Å²) in [6.45, 7) is 4.11. The zero-order chi connectivity index (χ0) is 14.0. The fourth-order valence-electron chi connectivity index (χ4n) is 2.00. The van der Waals surface area contributed by atoms with Crippen molar-refractivity contribution >= 4 is 23.2 Å². The van der Waals surface area contributed by atoms with Crippen LogP contribution in [0, 0.1) is 0 Å². The number of nitrogens with zero attached hydrogens (tertiary/aromatic N) is 1. The maximum atomic E-state index is 6.32. The molecular formula is C14H17Cl2N3. The molecule has 3 N–H and O–H groups in total. The van der Waals surface area contributed by atoms with Crippen molar-refractivity contribution in [1.82, 2.24) is 9.97 Å². The number of rotatable bonds is 4. The van der Waals surface area contributed by atoms with Crippen LogP contribution in [0.2, 0.25) is 10.0 Å². The van der Waals surface area contributed by atoms with E-state index in [1.165, 1.54) is 0 Å². The van der Waals surface area contributed by atoms with Crippen LogP contribution in [0.15, 0.2) is 24.4 Å². The molecule has 0 aliphatic heterocycles. The number of hydrogen-bond acceptors (Lipinski definition) is 2. The second-order valence-corrected chi connectivity index (χ2v) is 5.48. The second-order valence-electron chi connectivity index (χ2n) is 4.63. The Bertz CT molecular complexity index is 574. The standard InChI is InChI=1S/C14H17Cl2N3/c1-3-14(17,4-2)13-18-8-12(19-13)10-7-9(15)5-6-11(10)16/h5-8H,3-4,17H2,1-2H3,(H,18,19). The van der Waals surface area contributed by atoms with E-state index in [1.807, 2.05) is 6.07 Å². The Morgan fingerprint density at radius 3 is 2.58 bits per heavy atom. The minimum Gasteiger partial charge on any atom is -0.340 e. The lowest BCUT2D eigenvalue weighted by atomic mass is 9.93. The third-order valence-corrected chi connectivity index (χ3v) is 4.09. The van der Waals surface area contributed by atoms with Gasteiger partial charge in [0.15, 0.2) is 0 Å². The number of imidazole rings is 1. The Morgan fingerprint density at radius 2 is 1.95 bits per heavy atom. The zero-order valence-corrected chi connectivity index (χ0v) is 12.5. The molecule has 2 aromatic rings. The quantitative estimate of drug-likeness (QED) is 0.881. The monoisotopic (exact) mass is 297 g/mol. The number of hydrogen-bond donors (Lipinski definition) is 2. The molecule has 1 aromatic carbocycles. The van der Waals surface area contributed by atoms with Crippen LogP contribution in [0.1, 0.15) is 32.5 Å². The molecule has 19 heavy (non-hydrogen) atoms. The Balaban J connectivity index is 2.44. The van der Waals surface area contributed by atoms with E-state index in [4.69, 9.17) is 28.9 Å². The van der Waals surface area contributed by atoms with E-state index in [9.17, 15) is 0 Å². The van der Waals surface area contributed by atoms with Gasteiger partial charge in [0.2, 0.25) is 0 Å². The first-order chi connectivity index (χ1) is 9.00. The average Bonchev–Trinajstić information content (AvgIpc) is 2.90. The van der Waals surface area contributed by atoms with Crippen molar-refractivity contribution in [1.29, 1.82) is 0 Å². The molecule has 0 saturated heterocycles. The van der Waals surface area contributed by atoms with Crippen molar-refractivity contribution < 1.29 is 0 Å². The molecule has 0 atom stereocenters. The number of aromatic nitrogens is 2. The number of benzene rings is 1. The van der Waals surface area contributed by atoms with E-state index in [1.54, 1.807) is 18.3 Å². The van der Waals surface area contributed by atoms with Crippen molar-refractivity contribution in [2.24, 2.45) is 5.73 Å². The predicted octanol–water partition coefficient (Wildman–Crippen LogP) is 4.36. The molecule has 0 amide bonds. The van der Waals surface area contributed by atoms with Crippen molar-refractivity contribution in [3.05, 3.63) is 40.3 Å². The van der Waals surface area contributed by atoms with Crippen LogP contribution >= 0.6 is 23.2 Å². The lowest BCUT2D eigenvalue weighted by Gasteiger charge is -2.23. The van der Waals surface area contributed by atoms with Gasteiger partial charge in [-0.25, -0.2) is 4.98 Å². The fraction of sp³-hybridized carbons (Fsp3) is 0.357. The molecule has 0 saturated carbocycles. The minimum atomic E-state index is -0.427. The molecule has 102 valence electrons. The highest BCUT2D eigenvalue weighted by Crippen LogP contribution is 2.31. The molecule has 1 aromatic heterocycles. The maximum absolute atomic E-state index is 6.32. The summed E-state index contributed by atoms with van der Waals surface area (Å²) < 4.78 is 0. The highest BCUT2D eigenvalue weighted by atomic mass is 35.5. The predicted molar refractivity (Wildman–Crippen MR) is 80.5 cm³/mol. The molecule has 0 bridgehead atoms. The van der Waals surface area contributed by atoms with Gasteiger partial charge in [-0.05, 0) is 31.0 Å². The van der Waals surface area contributed by atoms with Gasteiger partial charge in [0.05, 0.1) is 22.5 Å². The summed E-state index contributed by atoms with van der Waals surface area (Å²) in [6, 6.07) is 5.35. The fourth-order valence-corrected chi connectivity index (χ4v) is 2.39. The summed E-state index contributed by atoms with van der Waals surface area (Å²) in [5.74, 6) is 0.781. The average molecular weight is 298 g/mol. The summed E-state index contributed by atoms with van der Waals surface area (Å²) >= 11 is 12.2. The van der Waals surface area contributed by atoms with Crippen molar-refractivity contribution in [2.75, 3.05) is 0 Å². The molecule has 0 spiro atoms. The molecule has 0 aliphatic rings. The van der Waals surface area contributed by atoms with Gasteiger partial charge in [-0.1, -0.05) is 37.0 Å². The highest BCUT2D eigenvalue weighted by Gasteiger charge is 2.26. The number of halogens is 2. The number of nitrogens with one attached hydrogen (secondary N) is 1. The molecule has 0 unspecified atom stereocenters. The molecule has 3 nitrogen and oxygen atoms in total. The number of aromatic amines is 1. The first kappa shape index (κ1) is 14.4. The second kappa shape index (κ2) is 5.53. The Kier molecular flexibility index (Phi) is 4.19. The lowest BCUT2D eigenvalue weighted by Crippen LogP contribution is -2.36. The summed E-state index contributed by atoms with van der Waals surface area (Å²) in [5, 5.41) is 1.27. The third-order valence-electron chi connectivity index (χ3n) is 3.53. The molecule has 0 aliphatic carbocycles. The zero-order valence-electron chi connectivity index (χ0n) is 11.0. The number of nitrogens with two attached hydrogens (primary N) is 1. The minimum absolute atomic E-state index is 0.427. The Hall–Kier alpha value is -1.03. The van der Waals surface area contributed by atoms with Gasteiger partial charge in [0, 0.05) is 10.6 Å². The summed E-state index contributed by atoms with van der Waals surface area (Å²) in [7, 11) is 0. The van der Waals surface area contributed by atoms with E-state index in [2.05, 4.69) is 23.8 Å².